The Morgan fingerprint density at radius 1 is 0.833 bits per heavy atom. The Labute approximate surface area is 191 Å². The van der Waals surface area contributed by atoms with E-state index < -0.39 is 6.10 Å². The minimum Gasteiger partial charge on any atom is -0.390 e. The number of nitrogens with zero attached hydrogens (tertiary/aromatic N) is 2. The van der Waals surface area contributed by atoms with Crippen LogP contribution in [0.15, 0.2) is 54.6 Å². The number of hydrogen-bond acceptors (Lipinski definition) is 4. The van der Waals surface area contributed by atoms with E-state index in [1.807, 2.05) is 42.5 Å². The maximum Gasteiger partial charge on any atom is 0.0839 e. The van der Waals surface area contributed by atoms with E-state index in [0.717, 1.165) is 58.4 Å². The van der Waals surface area contributed by atoms with E-state index in [-0.39, 0.29) is 0 Å². The van der Waals surface area contributed by atoms with Gasteiger partial charge in [0.25, 0.3) is 0 Å². The number of aliphatic hydroxyl groups is 1. The number of aliphatic hydroxyl groups excluding tert-OH is 1. The van der Waals surface area contributed by atoms with Crippen molar-refractivity contribution in [2.45, 2.75) is 6.10 Å². The summed E-state index contributed by atoms with van der Waals surface area (Å²) >= 11 is 18.5. The maximum absolute atomic E-state index is 10.5. The fourth-order valence-electron chi connectivity index (χ4n) is 3.82. The van der Waals surface area contributed by atoms with Crippen LogP contribution in [0.25, 0.3) is 10.8 Å². The molecule has 0 bridgehead atoms. The molecule has 0 saturated carbocycles. The SMILES string of the molecule is OC(CNc1ccc2cc(Cl)ccc2c1)CN1CCN(c2cc(Cl)ccc2Cl)CC1. The zero-order valence-corrected chi connectivity index (χ0v) is 18.8. The van der Waals surface area contributed by atoms with Crippen LogP contribution in [-0.2, 0) is 0 Å². The number of nitrogens with one attached hydrogen (secondary N) is 1. The molecule has 0 radical (unpaired) electrons. The van der Waals surface area contributed by atoms with Crippen molar-refractivity contribution in [2.75, 3.05) is 49.5 Å². The Morgan fingerprint density at radius 2 is 1.50 bits per heavy atom. The topological polar surface area (TPSA) is 38.7 Å². The molecule has 158 valence electrons. The highest BCUT2D eigenvalue weighted by molar-refractivity contribution is 6.35. The van der Waals surface area contributed by atoms with Crippen molar-refractivity contribution in [2.24, 2.45) is 0 Å². The average Bonchev–Trinajstić information content (AvgIpc) is 2.74. The molecule has 0 amide bonds. The summed E-state index contributed by atoms with van der Waals surface area (Å²) in [6.45, 7) is 4.58. The van der Waals surface area contributed by atoms with Crippen molar-refractivity contribution in [3.63, 3.8) is 0 Å². The van der Waals surface area contributed by atoms with E-state index in [1.54, 1.807) is 6.07 Å². The number of hydrogen-bond donors (Lipinski definition) is 2. The van der Waals surface area contributed by atoms with E-state index in [4.69, 9.17) is 34.8 Å². The number of rotatable bonds is 6. The van der Waals surface area contributed by atoms with Gasteiger partial charge < -0.3 is 15.3 Å². The Kier molecular flexibility index (Phi) is 6.91. The van der Waals surface area contributed by atoms with Gasteiger partial charge in [0.15, 0.2) is 0 Å². The summed E-state index contributed by atoms with van der Waals surface area (Å²) < 4.78 is 0. The molecule has 7 heteroatoms. The van der Waals surface area contributed by atoms with Crippen LogP contribution < -0.4 is 10.2 Å². The lowest BCUT2D eigenvalue weighted by molar-refractivity contribution is 0.118. The summed E-state index contributed by atoms with van der Waals surface area (Å²) in [6.07, 6.45) is -0.452. The van der Waals surface area contributed by atoms with Crippen LogP contribution in [0.3, 0.4) is 0 Å². The van der Waals surface area contributed by atoms with Crippen LogP contribution in [0.4, 0.5) is 11.4 Å². The lowest BCUT2D eigenvalue weighted by atomic mass is 10.1. The molecule has 30 heavy (non-hydrogen) atoms. The first kappa shape index (κ1) is 21.5. The normalized spacial score (nSPS) is 16.1. The molecule has 3 aromatic carbocycles. The highest BCUT2D eigenvalue weighted by Crippen LogP contribution is 2.29. The summed E-state index contributed by atoms with van der Waals surface area (Å²) in [6, 6.07) is 17.5. The maximum atomic E-state index is 10.5. The molecule has 1 aliphatic rings. The first-order valence-corrected chi connectivity index (χ1v) is 11.1. The summed E-state index contributed by atoms with van der Waals surface area (Å²) in [5, 5.41) is 18.2. The van der Waals surface area contributed by atoms with Gasteiger partial charge in [0.05, 0.1) is 16.8 Å². The van der Waals surface area contributed by atoms with Crippen molar-refractivity contribution in [1.29, 1.82) is 0 Å². The van der Waals surface area contributed by atoms with Gasteiger partial charge in [-0.3, -0.25) is 4.90 Å². The molecule has 1 fully saturated rings. The number of fused-ring (bicyclic) bond motifs is 1. The lowest BCUT2D eigenvalue weighted by Gasteiger charge is -2.37. The molecule has 4 rings (SSSR count). The van der Waals surface area contributed by atoms with Crippen molar-refractivity contribution in [1.82, 2.24) is 4.90 Å². The molecule has 1 heterocycles. The molecule has 4 nitrogen and oxygen atoms in total. The largest absolute Gasteiger partial charge is 0.390 e. The second-order valence-electron chi connectivity index (χ2n) is 7.62. The molecule has 0 aliphatic carbocycles. The Hall–Kier alpha value is -1.69. The Balaban J connectivity index is 1.26. The standard InChI is InChI=1S/C23H24Cl3N3O/c24-18-3-1-17-12-20(5-2-16(17)11-18)27-14-21(30)15-28-7-9-29(10-8-28)23-13-19(25)4-6-22(23)26/h1-6,11-13,21,27,30H,7-10,14-15H2. The van der Waals surface area contributed by atoms with Gasteiger partial charge in [-0.2, -0.15) is 0 Å². The van der Waals surface area contributed by atoms with Gasteiger partial charge in [0.1, 0.15) is 0 Å². The minimum absolute atomic E-state index is 0.452. The molecule has 3 aromatic rings. The Morgan fingerprint density at radius 3 is 2.30 bits per heavy atom. The fourth-order valence-corrected chi connectivity index (χ4v) is 4.41. The van der Waals surface area contributed by atoms with E-state index in [0.29, 0.717) is 18.1 Å². The van der Waals surface area contributed by atoms with Crippen molar-refractivity contribution in [3.8, 4) is 0 Å². The Bertz CT molecular complexity index is 1020. The van der Waals surface area contributed by atoms with Crippen molar-refractivity contribution < 1.29 is 5.11 Å². The van der Waals surface area contributed by atoms with Crippen LogP contribution in [-0.4, -0.2) is 55.4 Å². The zero-order valence-electron chi connectivity index (χ0n) is 16.5. The predicted octanol–water partition coefficient (Wildman–Crippen LogP) is 5.40. The molecular weight excluding hydrogens is 441 g/mol. The fraction of sp³-hybridized carbons (Fsp3) is 0.304. The van der Waals surface area contributed by atoms with Gasteiger partial charge in [-0.1, -0.05) is 46.9 Å². The zero-order chi connectivity index (χ0) is 21.1. The lowest BCUT2D eigenvalue weighted by Crippen LogP contribution is -2.49. The van der Waals surface area contributed by atoms with Crippen molar-refractivity contribution >= 4 is 57.0 Å². The third-order valence-electron chi connectivity index (χ3n) is 5.43. The van der Waals surface area contributed by atoms with Crippen LogP contribution in [0.2, 0.25) is 15.1 Å². The molecular formula is C23H24Cl3N3O. The minimum atomic E-state index is -0.452. The molecule has 1 saturated heterocycles. The van der Waals surface area contributed by atoms with E-state index >= 15 is 0 Å². The first-order chi connectivity index (χ1) is 14.5. The molecule has 0 aromatic heterocycles. The van der Waals surface area contributed by atoms with Gasteiger partial charge >= 0.3 is 0 Å². The molecule has 1 aliphatic heterocycles. The van der Waals surface area contributed by atoms with Gasteiger partial charge in [0, 0.05) is 55.0 Å². The summed E-state index contributed by atoms with van der Waals surface area (Å²) in [5.41, 5.74) is 1.97. The molecule has 0 spiro atoms. The summed E-state index contributed by atoms with van der Waals surface area (Å²) in [5.74, 6) is 0. The highest BCUT2D eigenvalue weighted by atomic mass is 35.5. The number of anilines is 2. The molecule has 1 unspecified atom stereocenters. The number of piperazine rings is 1. The number of benzene rings is 3. The van der Waals surface area contributed by atoms with Crippen LogP contribution in [0, 0.1) is 0 Å². The molecule has 1 atom stereocenters. The number of halogens is 3. The van der Waals surface area contributed by atoms with Crippen LogP contribution >= 0.6 is 34.8 Å². The quantitative estimate of drug-likeness (QED) is 0.513. The van der Waals surface area contributed by atoms with E-state index in [1.165, 1.54) is 0 Å². The van der Waals surface area contributed by atoms with Gasteiger partial charge in [-0.15, -0.1) is 0 Å². The van der Waals surface area contributed by atoms with E-state index in [9.17, 15) is 5.11 Å². The van der Waals surface area contributed by atoms with Gasteiger partial charge in [-0.05, 0) is 53.2 Å². The van der Waals surface area contributed by atoms with Crippen LogP contribution in [0.1, 0.15) is 0 Å². The molecule has 2 N–H and O–H groups in total. The monoisotopic (exact) mass is 463 g/mol. The third kappa shape index (κ3) is 5.32. The van der Waals surface area contributed by atoms with Crippen molar-refractivity contribution in [3.05, 3.63) is 69.7 Å². The van der Waals surface area contributed by atoms with Crippen LogP contribution in [0.5, 0.6) is 0 Å². The predicted molar refractivity (Wildman–Crippen MR) is 129 cm³/mol. The highest BCUT2D eigenvalue weighted by Gasteiger charge is 2.21. The number of β-amino-alcohol motifs (C(OH)–C–C–N with tert-alkyl or cyclic N) is 1. The average molecular weight is 465 g/mol. The van der Waals surface area contributed by atoms with Gasteiger partial charge in [0.2, 0.25) is 0 Å². The second-order valence-corrected chi connectivity index (χ2v) is 8.90. The second kappa shape index (κ2) is 9.63. The first-order valence-electron chi connectivity index (χ1n) is 10.0. The summed E-state index contributed by atoms with van der Waals surface area (Å²) in [7, 11) is 0. The smallest absolute Gasteiger partial charge is 0.0839 e. The third-order valence-corrected chi connectivity index (χ3v) is 6.22. The van der Waals surface area contributed by atoms with Gasteiger partial charge in [-0.25, -0.2) is 0 Å². The van der Waals surface area contributed by atoms with E-state index in [2.05, 4.69) is 21.2 Å². The summed E-state index contributed by atoms with van der Waals surface area (Å²) in [4.78, 5) is 4.53.